The van der Waals surface area contributed by atoms with Gasteiger partial charge in [0, 0.05) is 6.54 Å². The number of nitrogens with one attached hydrogen (secondary N) is 1. The molecule has 1 aromatic carbocycles. The topological polar surface area (TPSA) is 52.6 Å². The summed E-state index contributed by atoms with van der Waals surface area (Å²) in [5.41, 5.74) is 4.04. The number of benzene rings is 1. The zero-order valence-corrected chi connectivity index (χ0v) is 10.2. The molecule has 0 fully saturated rings. The average molecular weight is 236 g/mol. The van der Waals surface area contributed by atoms with E-state index in [1.54, 1.807) is 5.01 Å². The predicted molar refractivity (Wildman–Crippen MR) is 69.0 cm³/mol. The van der Waals surface area contributed by atoms with E-state index in [1.165, 1.54) is 0 Å². The summed E-state index contributed by atoms with van der Waals surface area (Å²) < 4.78 is 0. The highest BCUT2D eigenvalue weighted by Gasteiger charge is 2.09. The van der Waals surface area contributed by atoms with Crippen molar-refractivity contribution >= 4 is 11.7 Å². The van der Waals surface area contributed by atoms with Gasteiger partial charge in [-0.3, -0.25) is 9.80 Å². The fourth-order valence-corrected chi connectivity index (χ4v) is 1.57. The van der Waals surface area contributed by atoms with Crippen LogP contribution in [0.2, 0.25) is 0 Å². The zero-order chi connectivity index (χ0) is 12.5. The van der Waals surface area contributed by atoms with Crippen LogP contribution < -0.4 is 10.4 Å². The molecule has 0 saturated heterocycles. The number of hydrogen-bond acceptors (Lipinski definition) is 3. The highest BCUT2D eigenvalue weighted by molar-refractivity contribution is 5.73. The monoisotopic (exact) mass is 236 g/mol. The van der Waals surface area contributed by atoms with Crippen molar-refractivity contribution in [1.82, 2.24) is 5.43 Å². The normalized spacial score (nSPS) is 10.2. The van der Waals surface area contributed by atoms with Gasteiger partial charge in [-0.2, -0.15) is 0 Å². The molecular formula is C13H20N2O2. The Bertz CT molecular complexity index is 327. The third kappa shape index (κ3) is 5.36. The summed E-state index contributed by atoms with van der Waals surface area (Å²) in [4.78, 5) is 10.8. The van der Waals surface area contributed by atoms with E-state index in [4.69, 9.17) is 5.11 Å². The lowest BCUT2D eigenvalue weighted by molar-refractivity contribution is -0.135. The Hall–Kier alpha value is -1.55. The minimum absolute atomic E-state index is 0.0316. The molecule has 0 spiro atoms. The maximum atomic E-state index is 10.8. The van der Waals surface area contributed by atoms with E-state index in [9.17, 15) is 4.79 Å². The Morgan fingerprint density at radius 1 is 1.29 bits per heavy atom. The summed E-state index contributed by atoms with van der Waals surface area (Å²) >= 11 is 0. The van der Waals surface area contributed by atoms with Crippen molar-refractivity contribution in [3.05, 3.63) is 30.3 Å². The fraction of sp³-hybridized carbons (Fsp3) is 0.462. The van der Waals surface area contributed by atoms with Crippen molar-refractivity contribution in [2.45, 2.75) is 26.2 Å². The molecule has 0 atom stereocenters. The molecule has 0 amide bonds. The number of carbonyl (C=O) groups is 1. The number of carboxylic acid groups (broad SMARTS) is 1. The van der Waals surface area contributed by atoms with E-state index in [0.29, 0.717) is 0 Å². The summed E-state index contributed by atoms with van der Waals surface area (Å²) in [7, 11) is 0. The summed E-state index contributed by atoms with van der Waals surface area (Å²) in [6.07, 6.45) is 3.37. The molecule has 4 heteroatoms. The molecule has 0 unspecified atom stereocenters. The van der Waals surface area contributed by atoms with Crippen LogP contribution in [-0.4, -0.2) is 24.2 Å². The Labute approximate surface area is 102 Å². The number of anilines is 1. The van der Waals surface area contributed by atoms with Gasteiger partial charge in [-0.25, -0.2) is 5.43 Å². The van der Waals surface area contributed by atoms with Crippen molar-refractivity contribution in [2.75, 3.05) is 18.1 Å². The highest BCUT2D eigenvalue weighted by Crippen LogP contribution is 2.10. The van der Waals surface area contributed by atoms with Crippen molar-refractivity contribution in [1.29, 1.82) is 0 Å². The number of nitrogens with zero attached hydrogens (tertiary/aromatic N) is 1. The second kappa shape index (κ2) is 7.68. The van der Waals surface area contributed by atoms with Crippen LogP contribution in [0.5, 0.6) is 0 Å². The van der Waals surface area contributed by atoms with Gasteiger partial charge in [0.25, 0.3) is 0 Å². The van der Waals surface area contributed by atoms with Crippen LogP contribution in [0.25, 0.3) is 0 Å². The van der Waals surface area contributed by atoms with Gasteiger partial charge in [0.2, 0.25) is 0 Å². The lowest BCUT2D eigenvalue weighted by Crippen LogP contribution is -2.42. The van der Waals surface area contributed by atoms with Crippen LogP contribution in [0.4, 0.5) is 5.69 Å². The number of aliphatic carboxylic acids is 1. The Morgan fingerprint density at radius 2 is 2.00 bits per heavy atom. The molecule has 0 aliphatic carbocycles. The van der Waals surface area contributed by atoms with E-state index < -0.39 is 5.97 Å². The van der Waals surface area contributed by atoms with Gasteiger partial charge in [0.15, 0.2) is 0 Å². The van der Waals surface area contributed by atoms with Crippen LogP contribution in [-0.2, 0) is 4.79 Å². The number of rotatable bonds is 8. The zero-order valence-electron chi connectivity index (χ0n) is 10.2. The lowest BCUT2D eigenvalue weighted by Gasteiger charge is -2.23. The van der Waals surface area contributed by atoms with Crippen LogP contribution >= 0.6 is 0 Å². The molecule has 1 rings (SSSR count). The number of unbranched alkanes of at least 4 members (excludes halogenated alkanes) is 2. The van der Waals surface area contributed by atoms with E-state index in [-0.39, 0.29) is 6.54 Å². The molecule has 0 aromatic heterocycles. The first-order chi connectivity index (χ1) is 8.24. The molecule has 0 aliphatic heterocycles. The van der Waals surface area contributed by atoms with Gasteiger partial charge in [0.1, 0.15) is 6.54 Å². The molecule has 94 valence electrons. The first-order valence-corrected chi connectivity index (χ1v) is 6.02. The molecular weight excluding hydrogens is 216 g/mol. The summed E-state index contributed by atoms with van der Waals surface area (Å²) in [5, 5.41) is 10.5. The number of carboxylic acids is 1. The highest BCUT2D eigenvalue weighted by atomic mass is 16.4. The molecule has 2 N–H and O–H groups in total. The Kier molecular flexibility index (Phi) is 6.10. The third-order valence-electron chi connectivity index (χ3n) is 2.44. The molecule has 0 aliphatic rings. The van der Waals surface area contributed by atoms with Crippen LogP contribution in [0, 0.1) is 0 Å². The Morgan fingerprint density at radius 3 is 2.59 bits per heavy atom. The van der Waals surface area contributed by atoms with E-state index in [0.717, 1.165) is 31.5 Å². The fourth-order valence-electron chi connectivity index (χ4n) is 1.57. The maximum Gasteiger partial charge on any atom is 0.324 e. The van der Waals surface area contributed by atoms with Crippen molar-refractivity contribution in [2.24, 2.45) is 0 Å². The first-order valence-electron chi connectivity index (χ1n) is 6.02. The molecule has 17 heavy (non-hydrogen) atoms. The predicted octanol–water partition coefficient (Wildman–Crippen LogP) is 2.27. The van der Waals surface area contributed by atoms with E-state index in [1.807, 2.05) is 30.3 Å². The summed E-state index contributed by atoms with van der Waals surface area (Å²) in [6, 6.07) is 9.51. The van der Waals surface area contributed by atoms with Crippen LogP contribution in [0.3, 0.4) is 0 Å². The number of hydrogen-bond donors (Lipinski definition) is 2. The number of hydrazine groups is 1. The van der Waals surface area contributed by atoms with Gasteiger partial charge < -0.3 is 5.11 Å². The van der Waals surface area contributed by atoms with Gasteiger partial charge >= 0.3 is 5.97 Å². The SMILES string of the molecule is CCCCCNN(CC(=O)O)c1ccccc1. The molecule has 0 heterocycles. The first kappa shape index (κ1) is 13.5. The van der Waals surface area contributed by atoms with Gasteiger partial charge in [0.05, 0.1) is 5.69 Å². The maximum absolute atomic E-state index is 10.8. The van der Waals surface area contributed by atoms with Crippen molar-refractivity contribution in [3.63, 3.8) is 0 Å². The quantitative estimate of drug-likeness (QED) is 0.537. The lowest BCUT2D eigenvalue weighted by atomic mass is 10.2. The Balaban J connectivity index is 2.52. The molecule has 1 aromatic rings. The van der Waals surface area contributed by atoms with E-state index in [2.05, 4.69) is 12.3 Å². The van der Waals surface area contributed by atoms with Crippen LogP contribution in [0.1, 0.15) is 26.2 Å². The molecule has 0 saturated carbocycles. The minimum atomic E-state index is -0.836. The van der Waals surface area contributed by atoms with E-state index >= 15 is 0 Å². The standard InChI is InChI=1S/C13H20N2O2/c1-2-3-7-10-14-15(11-13(16)17)12-8-5-4-6-9-12/h4-6,8-9,14H,2-3,7,10-11H2,1H3,(H,16,17). The van der Waals surface area contributed by atoms with Crippen molar-refractivity contribution < 1.29 is 9.90 Å². The van der Waals surface area contributed by atoms with Crippen LogP contribution in [0.15, 0.2) is 30.3 Å². The summed E-state index contributed by atoms with van der Waals surface area (Å²) in [5.74, 6) is -0.836. The summed E-state index contributed by atoms with van der Waals surface area (Å²) in [6.45, 7) is 2.92. The molecule has 0 radical (unpaired) electrons. The smallest absolute Gasteiger partial charge is 0.324 e. The van der Waals surface area contributed by atoms with Gasteiger partial charge in [-0.15, -0.1) is 0 Å². The largest absolute Gasteiger partial charge is 0.480 e. The average Bonchev–Trinajstić information content (AvgIpc) is 2.34. The van der Waals surface area contributed by atoms with Gasteiger partial charge in [-0.1, -0.05) is 38.0 Å². The van der Waals surface area contributed by atoms with Crippen molar-refractivity contribution in [3.8, 4) is 0 Å². The molecule has 4 nitrogen and oxygen atoms in total. The second-order valence-corrected chi connectivity index (χ2v) is 3.93. The third-order valence-corrected chi connectivity index (χ3v) is 2.44. The minimum Gasteiger partial charge on any atom is -0.480 e. The number of para-hydroxylation sites is 1. The van der Waals surface area contributed by atoms with Gasteiger partial charge in [-0.05, 0) is 18.6 Å². The molecule has 0 bridgehead atoms. The second-order valence-electron chi connectivity index (χ2n) is 3.93.